The quantitative estimate of drug-likeness (QED) is 0.636. The molecule has 4 nitrogen and oxygen atoms in total. The van der Waals surface area contributed by atoms with Crippen LogP contribution >= 0.6 is 22.9 Å². The maximum atomic E-state index is 13.3. The number of hydrogen-bond donors (Lipinski definition) is 1. The monoisotopic (exact) mass is 449 g/mol. The minimum absolute atomic E-state index is 0.00251. The number of carbonyl (C=O) groups excluding carboxylic acids is 1. The van der Waals surface area contributed by atoms with Gasteiger partial charge in [-0.25, -0.2) is 0 Å². The minimum Gasteiger partial charge on any atom is -0.384 e. The van der Waals surface area contributed by atoms with Crippen LogP contribution in [0.5, 0.6) is 0 Å². The largest absolute Gasteiger partial charge is 0.416 e. The van der Waals surface area contributed by atoms with Crippen molar-refractivity contribution in [1.82, 2.24) is 0 Å². The van der Waals surface area contributed by atoms with Gasteiger partial charge >= 0.3 is 6.18 Å². The van der Waals surface area contributed by atoms with E-state index in [1.807, 2.05) is 16.8 Å². The van der Waals surface area contributed by atoms with Crippen LogP contribution < -0.4 is 10.6 Å². The van der Waals surface area contributed by atoms with Crippen molar-refractivity contribution in [1.29, 1.82) is 5.26 Å². The van der Waals surface area contributed by atoms with Crippen LogP contribution in [0.25, 0.3) is 0 Å². The highest BCUT2D eigenvalue weighted by atomic mass is 35.5. The highest BCUT2D eigenvalue weighted by Gasteiger charge is 2.41. The molecule has 0 radical (unpaired) electrons. The zero-order chi connectivity index (χ0) is 21.6. The van der Waals surface area contributed by atoms with Crippen molar-refractivity contribution in [2.75, 3.05) is 4.90 Å². The zero-order valence-corrected chi connectivity index (χ0v) is 17.0. The molecule has 2 aliphatic rings. The molecule has 1 aliphatic carbocycles. The van der Waals surface area contributed by atoms with Crippen molar-refractivity contribution in [3.05, 3.63) is 73.8 Å². The van der Waals surface area contributed by atoms with E-state index in [9.17, 15) is 23.2 Å². The van der Waals surface area contributed by atoms with E-state index in [1.54, 1.807) is 0 Å². The molecule has 0 bridgehead atoms. The van der Waals surface area contributed by atoms with Gasteiger partial charge in [-0.1, -0.05) is 11.6 Å². The number of anilines is 1. The van der Waals surface area contributed by atoms with Crippen molar-refractivity contribution in [2.45, 2.75) is 31.4 Å². The smallest absolute Gasteiger partial charge is 0.384 e. The molecule has 2 aromatic rings. The first-order valence-corrected chi connectivity index (χ1v) is 10.4. The molecule has 1 aromatic carbocycles. The van der Waals surface area contributed by atoms with E-state index in [4.69, 9.17) is 17.3 Å². The average Bonchev–Trinajstić information content (AvgIpc) is 3.22. The summed E-state index contributed by atoms with van der Waals surface area (Å²) in [5.74, 6) is -0.783. The molecule has 154 valence electrons. The Morgan fingerprint density at radius 3 is 2.67 bits per heavy atom. The summed E-state index contributed by atoms with van der Waals surface area (Å²) in [7, 11) is 0. The number of carbonyl (C=O) groups is 1. The van der Waals surface area contributed by atoms with Crippen LogP contribution in [-0.4, -0.2) is 5.78 Å². The fourth-order valence-corrected chi connectivity index (χ4v) is 4.88. The molecular formula is C21H15ClF3N3OS. The molecule has 30 heavy (non-hydrogen) atoms. The third kappa shape index (κ3) is 3.28. The van der Waals surface area contributed by atoms with Crippen LogP contribution in [0.2, 0.25) is 5.02 Å². The second-order valence-corrected chi connectivity index (χ2v) is 8.22. The van der Waals surface area contributed by atoms with E-state index >= 15 is 0 Å². The molecule has 0 saturated heterocycles. The maximum Gasteiger partial charge on any atom is 0.416 e. The average molecular weight is 450 g/mol. The molecule has 0 unspecified atom stereocenters. The second kappa shape index (κ2) is 7.49. The lowest BCUT2D eigenvalue weighted by atomic mass is 9.76. The van der Waals surface area contributed by atoms with E-state index in [-0.39, 0.29) is 27.9 Å². The molecule has 9 heteroatoms. The van der Waals surface area contributed by atoms with Gasteiger partial charge in [-0.2, -0.15) is 29.8 Å². The number of alkyl halides is 3. The van der Waals surface area contributed by atoms with Gasteiger partial charge in [0, 0.05) is 17.7 Å². The number of nitriles is 1. The summed E-state index contributed by atoms with van der Waals surface area (Å²) in [5, 5.41) is 13.6. The van der Waals surface area contributed by atoms with Crippen LogP contribution in [0.3, 0.4) is 0 Å². The van der Waals surface area contributed by atoms with Crippen LogP contribution in [0.4, 0.5) is 18.9 Å². The van der Waals surface area contributed by atoms with Gasteiger partial charge in [0.1, 0.15) is 5.82 Å². The lowest BCUT2D eigenvalue weighted by molar-refractivity contribution is -0.137. The molecule has 0 spiro atoms. The van der Waals surface area contributed by atoms with Gasteiger partial charge in [-0.05, 0) is 53.4 Å². The van der Waals surface area contributed by atoms with E-state index < -0.39 is 17.7 Å². The third-order valence-electron chi connectivity index (χ3n) is 5.30. The SMILES string of the molecule is N#CC1=C(N)N(c2cc(C(F)(F)F)ccc2Cl)C2=C(C(=O)CCC2)[C@H]1c1ccsc1. The van der Waals surface area contributed by atoms with Crippen molar-refractivity contribution in [2.24, 2.45) is 5.73 Å². The summed E-state index contributed by atoms with van der Waals surface area (Å²) in [4.78, 5) is 14.3. The first-order valence-electron chi connectivity index (χ1n) is 9.09. The molecule has 2 N–H and O–H groups in total. The third-order valence-corrected chi connectivity index (χ3v) is 6.33. The normalized spacial score (nSPS) is 19.8. The lowest BCUT2D eigenvalue weighted by Crippen LogP contribution is -2.38. The van der Waals surface area contributed by atoms with Crippen LogP contribution in [0.15, 0.2) is 57.7 Å². The van der Waals surface area contributed by atoms with Gasteiger partial charge in [0.05, 0.1) is 33.8 Å². The number of hydrogen-bond acceptors (Lipinski definition) is 5. The number of nitrogens with zero attached hydrogens (tertiary/aromatic N) is 2. The molecule has 4 rings (SSSR count). The molecule has 0 amide bonds. The Labute approximate surface area is 179 Å². The number of allylic oxidation sites excluding steroid dienone is 3. The highest BCUT2D eigenvalue weighted by molar-refractivity contribution is 7.08. The number of rotatable bonds is 2. The van der Waals surface area contributed by atoms with Gasteiger partial charge in [-0.3, -0.25) is 9.69 Å². The Kier molecular flexibility index (Phi) is 5.12. The van der Waals surface area contributed by atoms with Crippen molar-refractivity contribution in [3.63, 3.8) is 0 Å². The standard InChI is InChI=1S/C21H15ClF3N3OS/c22-14-5-4-12(21(23,24)25)8-16(14)28-15-2-1-3-17(29)19(15)18(11-6-7-30-10-11)13(9-26)20(28)27/h4-8,10,18H,1-3,27H2/t18-/m0/s1. The first-order chi connectivity index (χ1) is 14.2. The Morgan fingerprint density at radius 2 is 2.03 bits per heavy atom. The summed E-state index contributed by atoms with van der Waals surface area (Å²) < 4.78 is 40.0. The Balaban J connectivity index is 1.99. The predicted octanol–water partition coefficient (Wildman–Crippen LogP) is 5.73. The molecule has 1 atom stereocenters. The fraction of sp³-hybridized carbons (Fsp3) is 0.238. The number of thiophene rings is 1. The van der Waals surface area contributed by atoms with E-state index in [1.165, 1.54) is 16.2 Å². The van der Waals surface area contributed by atoms with Crippen molar-refractivity contribution < 1.29 is 18.0 Å². The number of ketones is 1. The zero-order valence-electron chi connectivity index (χ0n) is 15.5. The van der Waals surface area contributed by atoms with Gasteiger partial charge < -0.3 is 5.73 Å². The van der Waals surface area contributed by atoms with Crippen molar-refractivity contribution in [3.8, 4) is 6.07 Å². The second-order valence-electron chi connectivity index (χ2n) is 7.04. The highest BCUT2D eigenvalue weighted by Crippen LogP contribution is 2.48. The summed E-state index contributed by atoms with van der Waals surface area (Å²) >= 11 is 7.69. The number of Topliss-reactive ketones (excluding diaryl/α,β-unsaturated/α-hetero) is 1. The lowest BCUT2D eigenvalue weighted by Gasteiger charge is -2.39. The molecular weight excluding hydrogens is 435 g/mol. The van der Waals surface area contributed by atoms with E-state index in [2.05, 4.69) is 6.07 Å². The predicted molar refractivity (Wildman–Crippen MR) is 109 cm³/mol. The van der Waals surface area contributed by atoms with Gasteiger partial charge in [0.15, 0.2) is 5.78 Å². The Bertz CT molecular complexity index is 1130. The molecule has 1 aliphatic heterocycles. The Hall–Kier alpha value is -2.76. The van der Waals surface area contributed by atoms with Gasteiger partial charge in [0.25, 0.3) is 0 Å². The van der Waals surface area contributed by atoms with Crippen LogP contribution in [0.1, 0.15) is 36.3 Å². The van der Waals surface area contributed by atoms with Gasteiger partial charge in [-0.15, -0.1) is 0 Å². The van der Waals surface area contributed by atoms with Gasteiger partial charge in [0.2, 0.25) is 0 Å². The topological polar surface area (TPSA) is 70.1 Å². The molecule has 0 fully saturated rings. The number of benzene rings is 1. The first kappa shape index (κ1) is 20.5. The summed E-state index contributed by atoms with van der Waals surface area (Å²) in [6.45, 7) is 0. The molecule has 0 saturated carbocycles. The van der Waals surface area contributed by atoms with Crippen LogP contribution in [-0.2, 0) is 11.0 Å². The summed E-state index contributed by atoms with van der Waals surface area (Å²) in [6.07, 6.45) is -3.29. The van der Waals surface area contributed by atoms with E-state index in [0.29, 0.717) is 30.5 Å². The minimum atomic E-state index is -4.58. The van der Waals surface area contributed by atoms with Crippen LogP contribution in [0, 0.1) is 11.3 Å². The fourth-order valence-electron chi connectivity index (χ4n) is 3.99. The molecule has 2 heterocycles. The maximum absolute atomic E-state index is 13.3. The Morgan fingerprint density at radius 1 is 1.27 bits per heavy atom. The van der Waals surface area contributed by atoms with E-state index in [0.717, 1.165) is 23.8 Å². The molecule has 1 aromatic heterocycles. The van der Waals surface area contributed by atoms with Crippen molar-refractivity contribution >= 4 is 34.4 Å². The number of halogens is 4. The summed E-state index contributed by atoms with van der Waals surface area (Å²) in [6, 6.07) is 6.83. The summed E-state index contributed by atoms with van der Waals surface area (Å²) in [5.41, 5.74) is 7.24. The number of nitrogens with two attached hydrogens (primary N) is 1.